The maximum atomic E-state index is 12.0. The van der Waals surface area contributed by atoms with Crippen molar-refractivity contribution in [3.05, 3.63) is 12.2 Å². The molecule has 21 heteroatoms. The first-order valence-electron chi connectivity index (χ1n) is 27.7. The van der Waals surface area contributed by atoms with Crippen LogP contribution in [0, 0.1) is 50.2 Å². The van der Waals surface area contributed by atoms with Crippen LogP contribution in [-0.2, 0) is 42.6 Å². The molecule has 5 aliphatic carbocycles. The Hall–Kier alpha value is -1.10. The first-order valence-corrected chi connectivity index (χ1v) is 27.7. The normalized spacial score (nSPS) is 58.3. The Balaban J connectivity index is 0.932. The predicted molar refractivity (Wildman–Crippen MR) is 259 cm³/mol. The third-order valence-corrected chi connectivity index (χ3v) is 22.1. The molecule has 5 heterocycles. The molecule has 1 spiro atoms. The van der Waals surface area contributed by atoms with Gasteiger partial charge in [-0.2, -0.15) is 0 Å². The van der Waals surface area contributed by atoms with E-state index in [1.807, 2.05) is 6.92 Å². The highest BCUT2D eigenvalue weighted by Gasteiger charge is 2.77. The van der Waals surface area contributed by atoms with Gasteiger partial charge in [-0.1, -0.05) is 53.7 Å². The topological polar surface area (TPSA) is 326 Å². The van der Waals surface area contributed by atoms with Crippen LogP contribution in [0.25, 0.3) is 0 Å². The summed E-state index contributed by atoms with van der Waals surface area (Å²) in [4.78, 5) is 0. The van der Waals surface area contributed by atoms with Gasteiger partial charge in [-0.3, -0.25) is 0 Å². The van der Waals surface area contributed by atoms with Crippen molar-refractivity contribution in [2.45, 2.75) is 248 Å². The van der Waals surface area contributed by atoms with Gasteiger partial charge in [-0.15, -0.1) is 0 Å². The zero-order valence-electron chi connectivity index (χ0n) is 44.7. The average molecular weight is 1070 g/mol. The van der Waals surface area contributed by atoms with Crippen molar-refractivity contribution in [3.8, 4) is 0 Å². The largest absolute Gasteiger partial charge is 0.396 e. The van der Waals surface area contributed by atoms with Gasteiger partial charge in [0, 0.05) is 16.7 Å². The van der Waals surface area contributed by atoms with Gasteiger partial charge in [0.25, 0.3) is 0 Å². The zero-order chi connectivity index (χ0) is 54.3. The fourth-order valence-electron chi connectivity index (χ4n) is 17.1. The second-order valence-electron chi connectivity index (χ2n) is 26.5. The van der Waals surface area contributed by atoms with Gasteiger partial charge in [0.2, 0.25) is 0 Å². The summed E-state index contributed by atoms with van der Waals surface area (Å²) in [6, 6.07) is 0. The lowest BCUT2D eigenvalue weighted by Crippen LogP contribution is -2.71. The maximum Gasteiger partial charge on any atom is 0.187 e. The number of hydrogen-bond acceptors (Lipinski definition) is 21. The summed E-state index contributed by atoms with van der Waals surface area (Å²) in [7, 11) is 0. The molecule has 0 aromatic rings. The second-order valence-corrected chi connectivity index (χ2v) is 26.5. The molecule has 0 aromatic heterocycles. The van der Waals surface area contributed by atoms with Crippen LogP contribution >= 0.6 is 0 Å². The number of aliphatic hydroxyl groups excluding tert-OH is 12. The van der Waals surface area contributed by atoms with E-state index in [0.29, 0.717) is 18.8 Å². The first kappa shape index (κ1) is 57.1. The molecular weight excluding hydrogens is 985 g/mol. The predicted octanol–water partition coefficient (Wildman–Crippen LogP) is -0.518. The third kappa shape index (κ3) is 8.64. The highest BCUT2D eigenvalue weighted by Crippen LogP contribution is 2.79. The molecule has 4 saturated carbocycles. The van der Waals surface area contributed by atoms with Crippen molar-refractivity contribution in [1.82, 2.24) is 0 Å². The molecule has 75 heavy (non-hydrogen) atoms. The summed E-state index contributed by atoms with van der Waals surface area (Å²) in [5.41, 5.74) is -1.37. The molecule has 0 radical (unpaired) electrons. The molecule has 0 amide bonds. The quantitative estimate of drug-likeness (QED) is 0.0915. The number of allylic oxidation sites excluding steroid dienone is 1. The fourth-order valence-corrected chi connectivity index (χ4v) is 17.1. The number of hydrogen-bond donors (Lipinski definition) is 12. The van der Waals surface area contributed by atoms with Crippen LogP contribution in [0.2, 0.25) is 0 Å². The van der Waals surface area contributed by atoms with E-state index in [1.165, 1.54) is 19.8 Å². The molecule has 21 nitrogen and oxygen atoms in total. The highest BCUT2D eigenvalue weighted by molar-refractivity contribution is 5.35. The van der Waals surface area contributed by atoms with Crippen LogP contribution in [0.4, 0.5) is 0 Å². The molecule has 0 aromatic carbocycles. The SMILES string of the molecule is C[C@H]1O[C@@H](O[C@H]2[C@H](O)[C@@H](O)[C@H](O[C@@H]3[C@@H](O)[C@@H](C)O[C@@H](OC4CCC5(C)C(CCC6(C)C5C=CC57OCC8(CCC(C)(C)CC85)CCC67C)C4(C)CO)[C@@H]3O[C@@H]3O[C@H](CO)[C@@H](O)[C@H](O)[C@H]3O)O[C@@H]2CO)[C@H](O)[C@H](O)[C@H]1O. The Morgan fingerprint density at radius 2 is 1.09 bits per heavy atom. The van der Waals surface area contributed by atoms with Crippen molar-refractivity contribution in [2.24, 2.45) is 50.2 Å². The van der Waals surface area contributed by atoms with Gasteiger partial charge < -0.3 is 104 Å². The standard InChI is InChI=1S/C54H88O21/c1-24-32(58)35(61)38(64)44(68-24)73-41-27(21-56)71-46(40(66)37(41)63)74-42-33(59)25(2)69-47(43(42)75-45-39(65)36(62)34(60)26(20-55)70-45)72-31-11-12-49(5)28(50(31,6)22-57)9-13-51(7)29(49)10-14-54-30-19-48(3,4)15-17-53(30,23-67-54)18-16-52(51,54)8/h10,14,24-47,55-66H,9,11-13,15-23H2,1-8H3/t24-,25-,26-,27-,28?,29?,30?,31?,32+,33+,34-,35-,36+,37-,38-,39-,40-,41-,42-,43-,44+,45+,46+,47+,49?,50?,51?,52?,53?,54?/m1/s1. The summed E-state index contributed by atoms with van der Waals surface area (Å²) in [6.45, 7) is 16.1. The number of fused-ring (bicyclic) bond motifs is 4. The molecule has 12 N–H and O–H groups in total. The van der Waals surface area contributed by atoms with Crippen molar-refractivity contribution >= 4 is 0 Å². The molecular formula is C54H88O21. The van der Waals surface area contributed by atoms with Gasteiger partial charge in [0.05, 0.1) is 50.3 Å². The highest BCUT2D eigenvalue weighted by atomic mass is 16.8. The van der Waals surface area contributed by atoms with Gasteiger partial charge in [-0.25, -0.2) is 0 Å². The molecule has 5 saturated heterocycles. The zero-order valence-corrected chi connectivity index (χ0v) is 44.7. The monoisotopic (exact) mass is 1070 g/mol. The van der Waals surface area contributed by atoms with Gasteiger partial charge in [0.15, 0.2) is 25.2 Å². The van der Waals surface area contributed by atoms with E-state index in [2.05, 4.69) is 46.8 Å². The van der Waals surface area contributed by atoms with Crippen LogP contribution < -0.4 is 0 Å². The Kier molecular flexibility index (Phi) is 15.3. The Labute approximate surface area is 439 Å². The van der Waals surface area contributed by atoms with Crippen LogP contribution in [0.15, 0.2) is 12.2 Å². The summed E-state index contributed by atoms with van der Waals surface area (Å²) in [5.74, 6) is 0.524. The number of ether oxygens (including phenoxy) is 9. The van der Waals surface area contributed by atoms with E-state index in [0.717, 1.165) is 38.7 Å². The minimum atomic E-state index is -1.99. The Bertz CT molecular complexity index is 2070. The van der Waals surface area contributed by atoms with Crippen LogP contribution in [0.5, 0.6) is 0 Å². The number of rotatable bonds is 11. The maximum absolute atomic E-state index is 12.0. The van der Waals surface area contributed by atoms with Crippen molar-refractivity contribution in [1.29, 1.82) is 0 Å². The van der Waals surface area contributed by atoms with Crippen molar-refractivity contribution < 1.29 is 104 Å². The van der Waals surface area contributed by atoms with Gasteiger partial charge >= 0.3 is 0 Å². The summed E-state index contributed by atoms with van der Waals surface area (Å²) in [5, 5.41) is 132. The minimum Gasteiger partial charge on any atom is -0.396 e. The van der Waals surface area contributed by atoms with E-state index in [4.69, 9.17) is 42.6 Å². The molecule has 10 aliphatic rings. The van der Waals surface area contributed by atoms with Crippen molar-refractivity contribution in [2.75, 3.05) is 26.4 Å². The lowest BCUT2D eigenvalue weighted by atomic mass is 9.32. The third-order valence-electron chi connectivity index (χ3n) is 22.1. The van der Waals surface area contributed by atoms with Crippen molar-refractivity contribution in [3.63, 3.8) is 0 Å². The second kappa shape index (κ2) is 20.1. The average Bonchev–Trinajstić information content (AvgIpc) is 3.63. The van der Waals surface area contributed by atoms with Crippen LogP contribution in [0.1, 0.15) is 113 Å². The lowest BCUT2D eigenvalue weighted by molar-refractivity contribution is -0.403. The Morgan fingerprint density at radius 3 is 1.76 bits per heavy atom. The van der Waals surface area contributed by atoms with E-state index in [-0.39, 0.29) is 51.1 Å². The molecule has 9 fully saturated rings. The summed E-state index contributed by atoms with van der Waals surface area (Å²) < 4.78 is 56.6. The lowest BCUT2D eigenvalue weighted by Gasteiger charge is -2.73. The summed E-state index contributed by atoms with van der Waals surface area (Å²) >= 11 is 0. The Morgan fingerprint density at radius 1 is 0.520 bits per heavy atom. The smallest absolute Gasteiger partial charge is 0.187 e. The minimum absolute atomic E-state index is 0.0621. The van der Waals surface area contributed by atoms with E-state index in [9.17, 15) is 61.3 Å². The number of aliphatic hydroxyl groups is 12. The molecule has 430 valence electrons. The van der Waals surface area contributed by atoms with Crippen LogP contribution in [-0.4, -0.2) is 222 Å². The van der Waals surface area contributed by atoms with Gasteiger partial charge in [-0.05, 0) is 105 Å². The van der Waals surface area contributed by atoms with E-state index >= 15 is 0 Å². The fraction of sp³-hybridized carbons (Fsp3) is 0.963. The molecule has 30 atom stereocenters. The van der Waals surface area contributed by atoms with E-state index in [1.54, 1.807) is 6.92 Å². The first-order chi connectivity index (χ1) is 35.2. The van der Waals surface area contributed by atoms with E-state index < -0.39 is 148 Å². The molecule has 10 unspecified atom stereocenters. The molecule has 5 aliphatic heterocycles. The summed E-state index contributed by atoms with van der Waals surface area (Å²) in [6.07, 6.45) is -19.8. The molecule has 10 rings (SSSR count). The van der Waals surface area contributed by atoms with Crippen LogP contribution in [0.3, 0.4) is 0 Å². The molecule has 2 bridgehead atoms. The van der Waals surface area contributed by atoms with Gasteiger partial charge in [0.1, 0.15) is 85.5 Å².